The molecule has 1 aliphatic carbocycles. The van der Waals surface area contributed by atoms with Crippen molar-refractivity contribution in [2.75, 3.05) is 10.6 Å². The van der Waals surface area contributed by atoms with Crippen LogP contribution in [0.5, 0.6) is 0 Å². The molecule has 7 heteroatoms. The first-order valence-corrected chi connectivity index (χ1v) is 8.29. The van der Waals surface area contributed by atoms with Gasteiger partial charge in [0.2, 0.25) is 5.91 Å². The van der Waals surface area contributed by atoms with E-state index in [1.807, 2.05) is 30.3 Å². The Kier molecular flexibility index (Phi) is 4.18. The first kappa shape index (κ1) is 16.0. The minimum Gasteiger partial charge on any atom is -0.354 e. The maximum Gasteiger partial charge on any atom is 0.257 e. The number of carbonyl (C=O) groups is 2. The Hall–Kier alpha value is -3.48. The van der Waals surface area contributed by atoms with Crippen molar-refractivity contribution in [2.45, 2.75) is 12.8 Å². The molecule has 130 valence electrons. The molecule has 2 aromatic heterocycles. The Morgan fingerprint density at radius 3 is 2.58 bits per heavy atom. The van der Waals surface area contributed by atoms with E-state index in [1.54, 1.807) is 12.1 Å². The molecular formula is C19H16N4O3. The molecule has 26 heavy (non-hydrogen) atoms. The van der Waals surface area contributed by atoms with E-state index < -0.39 is 0 Å². The van der Waals surface area contributed by atoms with Crippen LogP contribution in [-0.2, 0) is 4.79 Å². The molecule has 4 rings (SSSR count). The minimum atomic E-state index is -0.359. The van der Waals surface area contributed by atoms with Gasteiger partial charge in [-0.3, -0.25) is 9.59 Å². The molecule has 2 heterocycles. The highest BCUT2D eigenvalue weighted by molar-refractivity contribution is 6.04. The molecule has 0 bridgehead atoms. The predicted molar refractivity (Wildman–Crippen MR) is 95.5 cm³/mol. The van der Waals surface area contributed by atoms with E-state index in [0.29, 0.717) is 23.0 Å². The van der Waals surface area contributed by atoms with Crippen molar-refractivity contribution in [1.82, 2.24) is 10.1 Å². The normalized spacial score (nSPS) is 13.2. The molecule has 1 saturated carbocycles. The van der Waals surface area contributed by atoms with Crippen LogP contribution < -0.4 is 10.6 Å². The Balaban J connectivity index is 1.45. The van der Waals surface area contributed by atoms with Crippen molar-refractivity contribution in [3.8, 4) is 11.3 Å². The summed E-state index contributed by atoms with van der Waals surface area (Å²) in [5, 5.41) is 9.27. The van der Waals surface area contributed by atoms with Gasteiger partial charge in [-0.15, -0.1) is 0 Å². The summed E-state index contributed by atoms with van der Waals surface area (Å²) >= 11 is 0. The highest BCUT2D eigenvalue weighted by Gasteiger charge is 2.29. The number of benzene rings is 1. The average Bonchev–Trinajstić information content (AvgIpc) is 3.42. The van der Waals surface area contributed by atoms with Crippen molar-refractivity contribution in [2.24, 2.45) is 5.92 Å². The van der Waals surface area contributed by atoms with Gasteiger partial charge >= 0.3 is 0 Å². The Labute approximate surface area is 149 Å². The number of hydrogen-bond donors (Lipinski definition) is 2. The molecule has 1 aliphatic rings. The zero-order valence-electron chi connectivity index (χ0n) is 13.8. The molecule has 1 fully saturated rings. The van der Waals surface area contributed by atoms with Crippen molar-refractivity contribution in [3.63, 3.8) is 0 Å². The number of amides is 2. The molecule has 2 N–H and O–H groups in total. The van der Waals surface area contributed by atoms with Crippen molar-refractivity contribution in [1.29, 1.82) is 0 Å². The molecular weight excluding hydrogens is 332 g/mol. The van der Waals surface area contributed by atoms with Crippen LogP contribution in [0.15, 0.2) is 59.3 Å². The summed E-state index contributed by atoms with van der Waals surface area (Å²) in [5.41, 5.74) is 1.24. The Morgan fingerprint density at radius 1 is 1.00 bits per heavy atom. The van der Waals surface area contributed by atoms with Crippen LogP contribution in [0.25, 0.3) is 11.3 Å². The van der Waals surface area contributed by atoms with Gasteiger partial charge in [0.15, 0.2) is 11.6 Å². The van der Waals surface area contributed by atoms with E-state index in [1.165, 1.54) is 12.3 Å². The third-order valence-corrected chi connectivity index (χ3v) is 4.03. The fraction of sp³-hybridized carbons (Fsp3) is 0.158. The lowest BCUT2D eigenvalue weighted by Gasteiger charge is -2.05. The monoisotopic (exact) mass is 348 g/mol. The van der Waals surface area contributed by atoms with E-state index in [4.69, 9.17) is 4.52 Å². The number of rotatable bonds is 5. The van der Waals surface area contributed by atoms with Crippen LogP contribution in [-0.4, -0.2) is 22.0 Å². The van der Waals surface area contributed by atoms with Gasteiger partial charge < -0.3 is 15.2 Å². The minimum absolute atomic E-state index is 0.0564. The van der Waals surface area contributed by atoms with Gasteiger partial charge in [-0.25, -0.2) is 4.98 Å². The summed E-state index contributed by atoms with van der Waals surface area (Å²) < 4.78 is 5.26. The van der Waals surface area contributed by atoms with Gasteiger partial charge in [0.1, 0.15) is 5.82 Å². The second-order valence-electron chi connectivity index (χ2n) is 6.09. The molecule has 1 aromatic carbocycles. The lowest BCUT2D eigenvalue weighted by atomic mass is 10.2. The molecule has 0 spiro atoms. The summed E-state index contributed by atoms with van der Waals surface area (Å²) in [5.74, 6) is 0.893. The lowest BCUT2D eigenvalue weighted by Crippen LogP contribution is -2.16. The molecule has 7 nitrogen and oxygen atoms in total. The lowest BCUT2D eigenvalue weighted by molar-refractivity contribution is -0.117. The Bertz CT molecular complexity index is 948. The van der Waals surface area contributed by atoms with E-state index in [-0.39, 0.29) is 17.7 Å². The topological polar surface area (TPSA) is 97.1 Å². The molecule has 0 aliphatic heterocycles. The molecule has 2 amide bonds. The molecule has 3 aromatic rings. The van der Waals surface area contributed by atoms with Gasteiger partial charge in [-0.1, -0.05) is 35.5 Å². The number of pyridine rings is 1. The number of carbonyl (C=O) groups excluding carboxylic acids is 2. The molecule has 0 radical (unpaired) electrons. The predicted octanol–water partition coefficient (Wildman–Crippen LogP) is 3.34. The van der Waals surface area contributed by atoms with E-state index in [0.717, 1.165) is 18.4 Å². The van der Waals surface area contributed by atoms with Crippen LogP contribution in [0.2, 0.25) is 0 Å². The van der Waals surface area contributed by atoms with Gasteiger partial charge in [-0.2, -0.15) is 0 Å². The van der Waals surface area contributed by atoms with Crippen molar-refractivity contribution < 1.29 is 14.1 Å². The largest absolute Gasteiger partial charge is 0.354 e. The highest BCUT2D eigenvalue weighted by atomic mass is 16.5. The molecule has 0 saturated heterocycles. The van der Waals surface area contributed by atoms with Gasteiger partial charge in [0.05, 0.1) is 0 Å². The maximum absolute atomic E-state index is 12.4. The van der Waals surface area contributed by atoms with Crippen molar-refractivity contribution >= 4 is 23.5 Å². The average molecular weight is 348 g/mol. The SMILES string of the molecule is O=C(Nc1cc(-c2ccccc2)on1)c1ccnc(NC(=O)C2CC2)c1. The summed E-state index contributed by atoms with van der Waals surface area (Å²) in [6, 6.07) is 14.2. The number of anilines is 2. The highest BCUT2D eigenvalue weighted by Crippen LogP contribution is 2.30. The summed E-state index contributed by atoms with van der Waals surface area (Å²) in [4.78, 5) is 28.3. The Morgan fingerprint density at radius 2 is 1.81 bits per heavy atom. The number of hydrogen-bond acceptors (Lipinski definition) is 5. The van der Waals surface area contributed by atoms with E-state index in [9.17, 15) is 9.59 Å². The van der Waals surface area contributed by atoms with Gasteiger partial charge in [0, 0.05) is 29.3 Å². The quantitative estimate of drug-likeness (QED) is 0.737. The second-order valence-corrected chi connectivity index (χ2v) is 6.09. The van der Waals surface area contributed by atoms with Crippen LogP contribution in [0.4, 0.5) is 11.6 Å². The van der Waals surface area contributed by atoms with Crippen LogP contribution in [0.3, 0.4) is 0 Å². The number of nitrogens with zero attached hydrogens (tertiary/aromatic N) is 2. The van der Waals surface area contributed by atoms with Gasteiger partial charge in [0.25, 0.3) is 5.91 Å². The number of nitrogens with one attached hydrogen (secondary N) is 2. The first-order chi connectivity index (χ1) is 12.7. The summed E-state index contributed by atoms with van der Waals surface area (Å²) in [7, 11) is 0. The third-order valence-electron chi connectivity index (χ3n) is 4.03. The fourth-order valence-electron chi connectivity index (χ4n) is 2.48. The molecule has 0 atom stereocenters. The van der Waals surface area contributed by atoms with E-state index >= 15 is 0 Å². The fourth-order valence-corrected chi connectivity index (χ4v) is 2.48. The second kappa shape index (κ2) is 6.79. The standard InChI is InChI=1S/C19H16N4O3/c24-18(13-6-7-13)21-16-10-14(8-9-20-16)19(25)22-17-11-15(26-23-17)12-4-2-1-3-5-12/h1-5,8-11,13H,6-7H2,(H,20,21,24)(H,22,23,25). The summed E-state index contributed by atoms with van der Waals surface area (Å²) in [6.45, 7) is 0. The molecule has 0 unspecified atom stereocenters. The smallest absolute Gasteiger partial charge is 0.257 e. The third kappa shape index (κ3) is 3.61. The van der Waals surface area contributed by atoms with Gasteiger partial charge in [-0.05, 0) is 25.0 Å². The first-order valence-electron chi connectivity index (χ1n) is 8.29. The maximum atomic E-state index is 12.4. The summed E-state index contributed by atoms with van der Waals surface area (Å²) in [6.07, 6.45) is 3.29. The zero-order chi connectivity index (χ0) is 17.9. The van der Waals surface area contributed by atoms with E-state index in [2.05, 4.69) is 20.8 Å². The van der Waals surface area contributed by atoms with Crippen LogP contribution in [0, 0.1) is 5.92 Å². The zero-order valence-corrected chi connectivity index (χ0v) is 13.8. The number of aromatic nitrogens is 2. The van der Waals surface area contributed by atoms with Crippen LogP contribution in [0.1, 0.15) is 23.2 Å². The van der Waals surface area contributed by atoms with Crippen LogP contribution >= 0.6 is 0 Å². The van der Waals surface area contributed by atoms with Crippen molar-refractivity contribution in [3.05, 3.63) is 60.3 Å².